The van der Waals surface area contributed by atoms with Crippen molar-refractivity contribution in [1.82, 2.24) is 10.3 Å². The molecule has 2 aromatic rings. The summed E-state index contributed by atoms with van der Waals surface area (Å²) in [5.74, 6) is -1.84. The van der Waals surface area contributed by atoms with E-state index in [0.717, 1.165) is 41.6 Å². The molecule has 0 saturated carbocycles. The molecular formula is C14H14N3O3S-. The molecule has 0 radical (unpaired) electrons. The highest BCUT2D eigenvalue weighted by molar-refractivity contribution is 7.21. The van der Waals surface area contributed by atoms with Crippen LogP contribution in [0.5, 0.6) is 0 Å². The zero-order valence-corrected chi connectivity index (χ0v) is 12.1. The molecule has 0 fully saturated rings. The second kappa shape index (κ2) is 5.33. The maximum atomic E-state index is 12.0. The molecule has 1 aliphatic carbocycles. The molecule has 1 aliphatic rings. The fourth-order valence-corrected chi connectivity index (χ4v) is 3.57. The molecule has 6 nitrogen and oxygen atoms in total. The van der Waals surface area contributed by atoms with Gasteiger partial charge in [0.15, 0.2) is 0 Å². The summed E-state index contributed by atoms with van der Waals surface area (Å²) in [6.07, 6.45) is 4.21. The number of nitrogen functional groups attached to an aromatic ring is 1. The Kier molecular flexibility index (Phi) is 3.50. The molecule has 3 N–H and O–H groups in total. The number of nitrogens with two attached hydrogens (primary N) is 1. The van der Waals surface area contributed by atoms with E-state index in [0.29, 0.717) is 10.6 Å². The summed E-state index contributed by atoms with van der Waals surface area (Å²) < 4.78 is 0. The van der Waals surface area contributed by atoms with E-state index >= 15 is 0 Å². The third-order valence-corrected chi connectivity index (χ3v) is 4.71. The van der Waals surface area contributed by atoms with Gasteiger partial charge in [0.05, 0.1) is 18.2 Å². The first kappa shape index (κ1) is 13.8. The molecule has 21 heavy (non-hydrogen) atoms. The molecule has 0 aromatic carbocycles. The average molecular weight is 304 g/mol. The summed E-state index contributed by atoms with van der Waals surface area (Å²) in [4.78, 5) is 28.0. The molecule has 7 heteroatoms. The van der Waals surface area contributed by atoms with Crippen LogP contribution < -0.4 is 16.2 Å². The Morgan fingerprint density at radius 2 is 2.14 bits per heavy atom. The summed E-state index contributed by atoms with van der Waals surface area (Å²) in [6, 6.07) is 2.01. The summed E-state index contributed by atoms with van der Waals surface area (Å²) in [7, 11) is 0. The maximum Gasteiger partial charge on any atom is 0.263 e. The SMILES string of the molecule is Nc1c(C(=O)NCC(=O)[O-])sc2nc3c(cc12)CCCC3. The van der Waals surface area contributed by atoms with E-state index < -0.39 is 18.4 Å². The van der Waals surface area contributed by atoms with Crippen LogP contribution in [-0.4, -0.2) is 23.4 Å². The van der Waals surface area contributed by atoms with Crippen LogP contribution in [0.3, 0.4) is 0 Å². The number of nitrogens with one attached hydrogen (secondary N) is 1. The Morgan fingerprint density at radius 1 is 1.38 bits per heavy atom. The largest absolute Gasteiger partial charge is 0.548 e. The number of pyridine rings is 1. The predicted octanol–water partition coefficient (Wildman–Crippen LogP) is 0.237. The molecule has 0 bridgehead atoms. The van der Waals surface area contributed by atoms with Crippen LogP contribution in [0.2, 0.25) is 0 Å². The van der Waals surface area contributed by atoms with Crippen molar-refractivity contribution in [3.05, 3.63) is 22.2 Å². The second-order valence-electron chi connectivity index (χ2n) is 5.05. The number of aromatic nitrogens is 1. The number of carboxylic acid groups (broad SMARTS) is 1. The minimum Gasteiger partial charge on any atom is -0.548 e. The van der Waals surface area contributed by atoms with Gasteiger partial charge in [-0.2, -0.15) is 0 Å². The molecule has 2 heterocycles. The van der Waals surface area contributed by atoms with Gasteiger partial charge in [-0.05, 0) is 37.3 Å². The molecule has 0 atom stereocenters. The average Bonchev–Trinajstić information content (AvgIpc) is 2.79. The minimum atomic E-state index is -1.34. The Morgan fingerprint density at radius 3 is 2.90 bits per heavy atom. The van der Waals surface area contributed by atoms with Gasteiger partial charge in [-0.1, -0.05) is 0 Å². The first-order chi connectivity index (χ1) is 10.1. The molecule has 110 valence electrons. The van der Waals surface area contributed by atoms with Crippen molar-refractivity contribution < 1.29 is 14.7 Å². The Balaban J connectivity index is 1.99. The zero-order chi connectivity index (χ0) is 15.0. The van der Waals surface area contributed by atoms with Gasteiger partial charge >= 0.3 is 0 Å². The number of carboxylic acids is 1. The number of rotatable bonds is 3. The highest BCUT2D eigenvalue weighted by atomic mass is 32.1. The third-order valence-electron chi connectivity index (χ3n) is 3.60. The number of thiophene rings is 1. The fraction of sp³-hybridized carbons (Fsp3) is 0.357. The fourth-order valence-electron chi connectivity index (χ4n) is 2.56. The number of aliphatic carboxylic acids is 1. The molecule has 0 aliphatic heterocycles. The van der Waals surface area contributed by atoms with E-state index in [1.807, 2.05) is 6.07 Å². The van der Waals surface area contributed by atoms with Crippen molar-refractivity contribution in [3.8, 4) is 0 Å². The smallest absolute Gasteiger partial charge is 0.263 e. The lowest BCUT2D eigenvalue weighted by Gasteiger charge is -2.14. The van der Waals surface area contributed by atoms with E-state index in [-0.39, 0.29) is 0 Å². The molecule has 0 spiro atoms. The van der Waals surface area contributed by atoms with Gasteiger partial charge < -0.3 is 21.0 Å². The van der Waals surface area contributed by atoms with Gasteiger partial charge in [0.2, 0.25) is 0 Å². The van der Waals surface area contributed by atoms with Crippen molar-refractivity contribution in [3.63, 3.8) is 0 Å². The Hall–Kier alpha value is -2.15. The summed E-state index contributed by atoms with van der Waals surface area (Å²) in [5.41, 5.74) is 8.67. The molecule has 3 rings (SSSR count). The quantitative estimate of drug-likeness (QED) is 0.844. The predicted molar refractivity (Wildman–Crippen MR) is 78.0 cm³/mol. The van der Waals surface area contributed by atoms with Crippen LogP contribution in [0, 0.1) is 0 Å². The Bertz CT molecular complexity index is 739. The number of carbonyl (C=O) groups is 2. The number of fused-ring (bicyclic) bond motifs is 2. The van der Waals surface area contributed by atoms with Crippen LogP contribution in [0.25, 0.3) is 10.2 Å². The van der Waals surface area contributed by atoms with E-state index in [1.54, 1.807) is 0 Å². The van der Waals surface area contributed by atoms with E-state index in [4.69, 9.17) is 5.73 Å². The van der Waals surface area contributed by atoms with Crippen molar-refractivity contribution in [1.29, 1.82) is 0 Å². The van der Waals surface area contributed by atoms with Gasteiger partial charge in [-0.15, -0.1) is 11.3 Å². The summed E-state index contributed by atoms with van der Waals surface area (Å²) in [6.45, 7) is -0.531. The van der Waals surface area contributed by atoms with Crippen molar-refractivity contribution in [2.75, 3.05) is 12.3 Å². The number of nitrogens with zero attached hydrogens (tertiary/aromatic N) is 1. The van der Waals surface area contributed by atoms with E-state index in [9.17, 15) is 14.7 Å². The normalized spacial score (nSPS) is 13.9. The molecular weight excluding hydrogens is 290 g/mol. The monoisotopic (exact) mass is 304 g/mol. The first-order valence-electron chi connectivity index (χ1n) is 6.75. The summed E-state index contributed by atoms with van der Waals surface area (Å²) in [5, 5.41) is 13.4. The number of hydrogen-bond acceptors (Lipinski definition) is 6. The number of carbonyl (C=O) groups excluding carboxylic acids is 2. The van der Waals surface area contributed by atoms with Crippen LogP contribution in [0.15, 0.2) is 6.07 Å². The van der Waals surface area contributed by atoms with Gasteiger partial charge in [0.25, 0.3) is 5.91 Å². The van der Waals surface area contributed by atoms with Crippen LogP contribution in [0.4, 0.5) is 5.69 Å². The molecule has 1 amide bonds. The highest BCUT2D eigenvalue weighted by Crippen LogP contribution is 2.35. The maximum absolute atomic E-state index is 12.0. The topological polar surface area (TPSA) is 108 Å². The number of aryl methyl sites for hydroxylation is 2. The van der Waals surface area contributed by atoms with E-state index in [1.165, 1.54) is 16.9 Å². The highest BCUT2D eigenvalue weighted by Gasteiger charge is 2.20. The Labute approximate surface area is 125 Å². The molecule has 0 saturated heterocycles. The lowest BCUT2D eigenvalue weighted by atomic mass is 9.95. The van der Waals surface area contributed by atoms with Crippen LogP contribution >= 0.6 is 11.3 Å². The standard InChI is InChI=1S/C14H15N3O3S/c15-11-8-5-7-3-1-2-4-9(7)17-14(8)21-12(11)13(20)16-6-10(18)19/h5H,1-4,6,15H2,(H,16,20)(H,18,19)/p-1. The van der Waals surface area contributed by atoms with Gasteiger partial charge in [0, 0.05) is 11.1 Å². The molecule has 0 unspecified atom stereocenters. The van der Waals surface area contributed by atoms with Crippen LogP contribution in [0.1, 0.15) is 33.8 Å². The number of hydrogen-bond donors (Lipinski definition) is 2. The van der Waals surface area contributed by atoms with Crippen LogP contribution in [-0.2, 0) is 17.6 Å². The summed E-state index contributed by atoms with van der Waals surface area (Å²) >= 11 is 1.19. The molecule has 2 aromatic heterocycles. The second-order valence-corrected chi connectivity index (χ2v) is 6.05. The zero-order valence-electron chi connectivity index (χ0n) is 11.3. The van der Waals surface area contributed by atoms with Crippen molar-refractivity contribution in [2.24, 2.45) is 0 Å². The van der Waals surface area contributed by atoms with Gasteiger partial charge in [-0.3, -0.25) is 4.79 Å². The van der Waals surface area contributed by atoms with E-state index in [2.05, 4.69) is 10.3 Å². The van der Waals surface area contributed by atoms with Gasteiger partial charge in [0.1, 0.15) is 9.71 Å². The minimum absolute atomic E-state index is 0.307. The third kappa shape index (κ3) is 2.56. The number of amides is 1. The van der Waals surface area contributed by atoms with Crippen molar-refractivity contribution in [2.45, 2.75) is 25.7 Å². The number of anilines is 1. The van der Waals surface area contributed by atoms with Gasteiger partial charge in [-0.25, -0.2) is 4.98 Å². The lowest BCUT2D eigenvalue weighted by molar-refractivity contribution is -0.303. The van der Waals surface area contributed by atoms with Crippen molar-refractivity contribution >= 4 is 39.1 Å². The first-order valence-corrected chi connectivity index (χ1v) is 7.56. The lowest BCUT2D eigenvalue weighted by Crippen LogP contribution is -2.37.